The average Bonchev–Trinajstić information content (AvgIpc) is 3.33. The summed E-state index contributed by atoms with van der Waals surface area (Å²) in [6, 6.07) is 12.4. The highest BCUT2D eigenvalue weighted by molar-refractivity contribution is 7.98. The molecule has 120 valence electrons. The number of thioether (sulfide) groups is 1. The van der Waals surface area contributed by atoms with Gasteiger partial charge in [-0.25, -0.2) is 9.97 Å². The summed E-state index contributed by atoms with van der Waals surface area (Å²) in [5.41, 5.74) is 3.27. The minimum absolute atomic E-state index is 0.683. The summed E-state index contributed by atoms with van der Waals surface area (Å²) in [6.45, 7) is 2.09. The van der Waals surface area contributed by atoms with Gasteiger partial charge >= 0.3 is 0 Å². The van der Waals surface area contributed by atoms with Crippen molar-refractivity contribution in [3.8, 4) is 16.5 Å². The van der Waals surface area contributed by atoms with Gasteiger partial charge in [-0.15, -0.1) is 11.3 Å². The third-order valence-electron chi connectivity index (χ3n) is 3.52. The molecule has 4 aromatic rings. The Kier molecular flexibility index (Phi) is 4.23. The van der Waals surface area contributed by atoms with Gasteiger partial charge in [0.2, 0.25) is 5.89 Å². The van der Waals surface area contributed by atoms with Gasteiger partial charge in [-0.3, -0.25) is 4.57 Å². The first-order valence-corrected chi connectivity index (χ1v) is 9.37. The second-order valence-electron chi connectivity index (χ2n) is 5.33. The lowest BCUT2D eigenvalue weighted by atomic mass is 10.2. The second-order valence-corrected chi connectivity index (χ2v) is 7.22. The topological polar surface area (TPSA) is 43.9 Å². The van der Waals surface area contributed by atoms with Crippen molar-refractivity contribution in [3.63, 3.8) is 0 Å². The summed E-state index contributed by atoms with van der Waals surface area (Å²) in [7, 11) is 0. The molecule has 4 rings (SSSR count). The van der Waals surface area contributed by atoms with E-state index in [-0.39, 0.29) is 0 Å². The van der Waals surface area contributed by atoms with Gasteiger partial charge in [0.05, 0.1) is 10.6 Å². The quantitative estimate of drug-likeness (QED) is 0.463. The van der Waals surface area contributed by atoms with Crippen molar-refractivity contribution < 1.29 is 4.42 Å². The smallest absolute Gasteiger partial charge is 0.236 e. The molecule has 0 saturated heterocycles. The normalized spacial score (nSPS) is 11.0. The van der Waals surface area contributed by atoms with E-state index in [9.17, 15) is 0 Å². The minimum Gasteiger partial charge on any atom is -0.444 e. The molecule has 0 atom stereocenters. The van der Waals surface area contributed by atoms with Gasteiger partial charge in [0.1, 0.15) is 6.26 Å². The molecule has 3 aromatic heterocycles. The third-order valence-corrected chi connectivity index (χ3v) is 5.38. The molecule has 0 aliphatic carbocycles. The van der Waals surface area contributed by atoms with Crippen LogP contribution in [0.25, 0.3) is 16.5 Å². The lowest BCUT2D eigenvalue weighted by molar-refractivity contribution is 0.575. The Morgan fingerprint density at radius 3 is 3.04 bits per heavy atom. The second kappa shape index (κ2) is 6.67. The van der Waals surface area contributed by atoms with Crippen LogP contribution in [-0.4, -0.2) is 14.5 Å². The van der Waals surface area contributed by atoms with E-state index in [4.69, 9.17) is 4.42 Å². The Balaban J connectivity index is 1.50. The number of aryl methyl sites for hydroxylation is 1. The zero-order chi connectivity index (χ0) is 16.4. The minimum atomic E-state index is 0.683. The van der Waals surface area contributed by atoms with Gasteiger partial charge in [-0.1, -0.05) is 30.0 Å². The Hall–Kier alpha value is -2.31. The van der Waals surface area contributed by atoms with E-state index in [1.807, 2.05) is 29.9 Å². The molecule has 0 N–H and O–H groups in total. The molecule has 0 unspecified atom stereocenters. The predicted molar refractivity (Wildman–Crippen MR) is 97.7 cm³/mol. The van der Waals surface area contributed by atoms with E-state index in [1.54, 1.807) is 29.4 Å². The molecule has 1 aromatic carbocycles. The number of nitrogens with zero attached hydrogens (tertiary/aromatic N) is 3. The number of aromatic nitrogens is 3. The molecule has 0 radical (unpaired) electrons. The first-order chi connectivity index (χ1) is 11.8. The highest BCUT2D eigenvalue weighted by Crippen LogP contribution is 2.27. The van der Waals surface area contributed by atoms with Crippen molar-refractivity contribution in [2.75, 3.05) is 0 Å². The summed E-state index contributed by atoms with van der Waals surface area (Å²) in [4.78, 5) is 10.1. The number of thiophene rings is 1. The molecule has 0 spiro atoms. The lowest BCUT2D eigenvalue weighted by Crippen LogP contribution is -1.95. The van der Waals surface area contributed by atoms with Gasteiger partial charge in [-0.2, -0.15) is 0 Å². The van der Waals surface area contributed by atoms with Crippen LogP contribution in [0.15, 0.2) is 70.0 Å². The summed E-state index contributed by atoms with van der Waals surface area (Å²) >= 11 is 3.28. The van der Waals surface area contributed by atoms with Gasteiger partial charge in [-0.05, 0) is 36.1 Å². The van der Waals surface area contributed by atoms with E-state index < -0.39 is 0 Å². The van der Waals surface area contributed by atoms with E-state index in [0.29, 0.717) is 5.89 Å². The molecular formula is C18H15N3OS2. The van der Waals surface area contributed by atoms with Crippen LogP contribution < -0.4 is 0 Å². The molecule has 0 saturated carbocycles. The number of benzene rings is 1. The van der Waals surface area contributed by atoms with Gasteiger partial charge in [0.25, 0.3) is 0 Å². The monoisotopic (exact) mass is 353 g/mol. The van der Waals surface area contributed by atoms with Crippen LogP contribution in [0.3, 0.4) is 0 Å². The molecule has 0 aliphatic heterocycles. The molecule has 0 amide bonds. The zero-order valence-electron chi connectivity index (χ0n) is 13.0. The first-order valence-electron chi connectivity index (χ1n) is 7.51. The fourth-order valence-corrected chi connectivity index (χ4v) is 3.90. The molecule has 6 heteroatoms. The van der Waals surface area contributed by atoms with Crippen LogP contribution in [0.5, 0.6) is 0 Å². The van der Waals surface area contributed by atoms with Crippen LogP contribution in [0.1, 0.15) is 11.3 Å². The van der Waals surface area contributed by atoms with Crippen LogP contribution in [-0.2, 0) is 5.75 Å². The maximum absolute atomic E-state index is 5.57. The van der Waals surface area contributed by atoms with Crippen molar-refractivity contribution in [1.29, 1.82) is 0 Å². The Morgan fingerprint density at radius 2 is 2.21 bits per heavy atom. The number of hydrogen-bond donors (Lipinski definition) is 0. The largest absolute Gasteiger partial charge is 0.444 e. The van der Waals surface area contributed by atoms with E-state index in [1.165, 1.54) is 5.56 Å². The predicted octanol–water partition coefficient (Wildman–Crippen LogP) is 5.19. The molecular weight excluding hydrogens is 338 g/mol. The molecule has 3 heterocycles. The van der Waals surface area contributed by atoms with Crippen molar-refractivity contribution in [2.24, 2.45) is 0 Å². The molecule has 4 nitrogen and oxygen atoms in total. The number of hydrogen-bond acceptors (Lipinski definition) is 5. The van der Waals surface area contributed by atoms with E-state index in [2.05, 4.69) is 45.7 Å². The standard InChI is InChI=1S/C18H15N3OS2/c1-13-4-2-5-15(10-13)21-8-7-19-18(21)24-12-14-11-22-17(20-14)16-6-3-9-23-16/h2-11H,12H2,1H3. The number of oxazole rings is 1. The summed E-state index contributed by atoms with van der Waals surface area (Å²) in [5, 5.41) is 2.97. The molecule has 0 aliphatic rings. The van der Waals surface area contributed by atoms with Crippen molar-refractivity contribution >= 4 is 23.1 Å². The van der Waals surface area contributed by atoms with Crippen LogP contribution >= 0.6 is 23.1 Å². The summed E-state index contributed by atoms with van der Waals surface area (Å²) in [5.74, 6) is 1.40. The molecule has 24 heavy (non-hydrogen) atoms. The molecule has 0 fully saturated rings. The number of imidazole rings is 1. The van der Waals surface area contributed by atoms with E-state index in [0.717, 1.165) is 27.2 Å². The summed E-state index contributed by atoms with van der Waals surface area (Å²) in [6.07, 6.45) is 5.53. The Bertz CT molecular complexity index is 941. The fourth-order valence-electron chi connectivity index (χ4n) is 2.40. The van der Waals surface area contributed by atoms with Crippen LogP contribution in [0, 0.1) is 6.92 Å². The zero-order valence-corrected chi connectivity index (χ0v) is 14.7. The maximum atomic E-state index is 5.57. The van der Waals surface area contributed by atoms with Crippen molar-refractivity contribution in [2.45, 2.75) is 17.8 Å². The maximum Gasteiger partial charge on any atom is 0.236 e. The highest BCUT2D eigenvalue weighted by Gasteiger charge is 2.10. The molecule has 0 bridgehead atoms. The lowest BCUT2D eigenvalue weighted by Gasteiger charge is -2.07. The Morgan fingerprint density at radius 1 is 1.25 bits per heavy atom. The average molecular weight is 353 g/mol. The third kappa shape index (κ3) is 3.16. The van der Waals surface area contributed by atoms with Gasteiger partial charge < -0.3 is 4.42 Å². The van der Waals surface area contributed by atoms with Gasteiger partial charge in [0, 0.05) is 23.8 Å². The SMILES string of the molecule is Cc1cccc(-n2ccnc2SCc2coc(-c3cccs3)n2)c1. The Labute approximate surface area is 148 Å². The van der Waals surface area contributed by atoms with Crippen molar-refractivity contribution in [1.82, 2.24) is 14.5 Å². The van der Waals surface area contributed by atoms with Crippen LogP contribution in [0.2, 0.25) is 0 Å². The highest BCUT2D eigenvalue weighted by atomic mass is 32.2. The van der Waals surface area contributed by atoms with Gasteiger partial charge in [0.15, 0.2) is 5.16 Å². The first kappa shape index (κ1) is 15.2. The van der Waals surface area contributed by atoms with E-state index >= 15 is 0 Å². The fraction of sp³-hybridized carbons (Fsp3) is 0.111. The number of rotatable bonds is 5. The summed E-state index contributed by atoms with van der Waals surface area (Å²) < 4.78 is 7.66. The van der Waals surface area contributed by atoms with Crippen LogP contribution in [0.4, 0.5) is 0 Å². The van der Waals surface area contributed by atoms with Crippen molar-refractivity contribution in [3.05, 3.63) is 71.7 Å².